The van der Waals surface area contributed by atoms with E-state index in [0.29, 0.717) is 0 Å². The molecule has 0 radical (unpaired) electrons. The Morgan fingerprint density at radius 2 is 1.18 bits per heavy atom. The summed E-state index contributed by atoms with van der Waals surface area (Å²) in [4.78, 5) is 38.7. The maximum Gasteiger partial charge on any atom is 1.00 e. The topological polar surface area (TPSA) is 155 Å². The fourth-order valence-electron chi connectivity index (χ4n) is 4.26. The molecule has 0 amide bonds. The molecular formula is C27H31LiN2O8S2. The summed E-state index contributed by atoms with van der Waals surface area (Å²) >= 11 is 3.72. The Bertz CT molecular complexity index is 1330. The van der Waals surface area contributed by atoms with Crippen LogP contribution in [0.2, 0.25) is 0 Å². The summed E-state index contributed by atoms with van der Waals surface area (Å²) in [6.45, 7) is 9.61. The molecule has 2 aliphatic rings. The van der Waals surface area contributed by atoms with Crippen LogP contribution in [0.15, 0.2) is 53.9 Å². The average Bonchev–Trinajstić information content (AvgIpc) is 3.56. The Kier molecular flexibility index (Phi) is 18.7. The summed E-state index contributed by atoms with van der Waals surface area (Å²) in [5.41, 5.74) is 2.74. The molecular weight excluding hydrogens is 551 g/mol. The SMILES string of the molecule is Cc1cc2cccc(N3CCOCC3)c2s1.O.O=C=O.O=C=O.[Li+].[OH-].c1cc(N2CCOCC2)c2sccc2c1. The van der Waals surface area contributed by atoms with E-state index in [1.165, 1.54) is 36.4 Å². The van der Waals surface area contributed by atoms with Gasteiger partial charge in [0.15, 0.2) is 0 Å². The second kappa shape index (κ2) is 20.1. The van der Waals surface area contributed by atoms with Crippen molar-refractivity contribution < 1.29 is 58.5 Å². The van der Waals surface area contributed by atoms with E-state index >= 15 is 0 Å². The zero-order valence-corrected chi connectivity index (χ0v) is 24.1. The smallest absolute Gasteiger partial charge is 0.870 e. The Balaban J connectivity index is 0.000000600. The molecule has 0 aliphatic carbocycles. The van der Waals surface area contributed by atoms with Gasteiger partial charge in [0.2, 0.25) is 0 Å². The molecule has 2 aromatic carbocycles. The third-order valence-corrected chi connectivity index (χ3v) is 7.85. The second-order valence-electron chi connectivity index (χ2n) is 8.03. The summed E-state index contributed by atoms with van der Waals surface area (Å²) < 4.78 is 13.6. The number of morpholine rings is 2. The largest absolute Gasteiger partial charge is 1.00 e. The molecule has 10 nitrogen and oxygen atoms in total. The van der Waals surface area contributed by atoms with Crippen molar-refractivity contribution in [3.8, 4) is 0 Å². The van der Waals surface area contributed by atoms with Gasteiger partial charge in [-0.3, -0.25) is 0 Å². The second-order valence-corrected chi connectivity index (χ2v) is 10.2. The first-order valence-corrected chi connectivity index (χ1v) is 13.4. The van der Waals surface area contributed by atoms with Crippen molar-refractivity contribution >= 4 is 66.5 Å². The van der Waals surface area contributed by atoms with Gasteiger partial charge in [-0.05, 0) is 47.3 Å². The maximum atomic E-state index is 8.12. The molecule has 3 N–H and O–H groups in total. The molecule has 210 valence electrons. The van der Waals surface area contributed by atoms with Crippen molar-refractivity contribution in [2.45, 2.75) is 6.92 Å². The minimum Gasteiger partial charge on any atom is -0.870 e. The molecule has 0 atom stereocenters. The first-order valence-electron chi connectivity index (χ1n) is 11.7. The predicted molar refractivity (Wildman–Crippen MR) is 150 cm³/mol. The molecule has 2 aliphatic heterocycles. The van der Waals surface area contributed by atoms with E-state index in [9.17, 15) is 0 Å². The number of rotatable bonds is 2. The van der Waals surface area contributed by atoms with Gasteiger partial charge < -0.3 is 30.2 Å². The van der Waals surface area contributed by atoms with Crippen LogP contribution < -0.4 is 28.7 Å². The molecule has 0 unspecified atom stereocenters. The number of hydrogen-bond donors (Lipinski definition) is 0. The molecule has 2 fully saturated rings. The van der Waals surface area contributed by atoms with Crippen LogP contribution in [0.1, 0.15) is 4.88 Å². The van der Waals surface area contributed by atoms with Crippen molar-refractivity contribution in [2.75, 3.05) is 62.4 Å². The normalized spacial score (nSPS) is 13.6. The number of benzene rings is 2. The minimum atomic E-state index is 0. The zero-order chi connectivity index (χ0) is 26.5. The summed E-state index contributed by atoms with van der Waals surface area (Å²) in [6.07, 6.45) is 0.500. The van der Waals surface area contributed by atoms with Crippen LogP contribution >= 0.6 is 22.7 Å². The average molecular weight is 583 g/mol. The number of carbonyl (C=O) groups excluding carboxylic acids is 4. The van der Waals surface area contributed by atoms with Gasteiger partial charge in [0, 0.05) is 31.1 Å². The van der Waals surface area contributed by atoms with Crippen molar-refractivity contribution in [3.05, 3.63) is 58.8 Å². The third kappa shape index (κ3) is 10.3. The van der Waals surface area contributed by atoms with Crippen molar-refractivity contribution in [1.82, 2.24) is 0 Å². The van der Waals surface area contributed by atoms with E-state index in [4.69, 9.17) is 28.7 Å². The molecule has 0 spiro atoms. The third-order valence-electron chi connectivity index (χ3n) is 5.81. The Labute approximate surface area is 252 Å². The number of ether oxygens (including phenoxy) is 2. The molecule has 2 saturated heterocycles. The van der Waals surface area contributed by atoms with Gasteiger partial charge in [-0.2, -0.15) is 19.2 Å². The quantitative estimate of drug-likeness (QED) is 0.309. The Morgan fingerprint density at radius 3 is 1.68 bits per heavy atom. The zero-order valence-electron chi connectivity index (χ0n) is 22.5. The van der Waals surface area contributed by atoms with Crippen LogP contribution in [0.25, 0.3) is 20.2 Å². The Morgan fingerprint density at radius 1 is 0.725 bits per heavy atom. The standard InChI is InChI=1S/C13H15NOS.C12H13NOS.2CO2.Li.2H2O/c1-10-9-11-3-2-4-12(13(11)16-10)14-5-7-15-8-6-14;1-2-10-4-9-15-12(10)11(3-1)13-5-7-14-8-6-13;2*2-1-3;;;/h2-4,9H,5-8H2,1H3;1-4,9H,5-8H2;;;;2*1H2/q;;;;+1;;/p-1. The Hall–Kier alpha value is -2.84. The predicted octanol–water partition coefficient (Wildman–Crippen LogP) is 0.620. The van der Waals surface area contributed by atoms with Gasteiger partial charge in [0.05, 0.1) is 47.2 Å². The fraction of sp³-hybridized carbons (Fsp3) is 0.333. The van der Waals surface area contributed by atoms with Crippen LogP contribution in [-0.4, -0.2) is 75.9 Å². The summed E-state index contributed by atoms with van der Waals surface area (Å²) in [7, 11) is 0. The number of hydrogen-bond acceptors (Lipinski definition) is 11. The number of nitrogens with zero attached hydrogens (tertiary/aromatic N) is 2. The molecule has 6 rings (SSSR count). The molecule has 0 bridgehead atoms. The van der Waals surface area contributed by atoms with Crippen molar-refractivity contribution in [3.63, 3.8) is 0 Å². The van der Waals surface area contributed by atoms with Crippen molar-refractivity contribution in [2.24, 2.45) is 0 Å². The van der Waals surface area contributed by atoms with E-state index in [-0.39, 0.29) is 42.1 Å². The van der Waals surface area contributed by atoms with Gasteiger partial charge in [-0.1, -0.05) is 24.3 Å². The monoisotopic (exact) mass is 582 g/mol. The first-order chi connectivity index (χ1) is 18.1. The van der Waals surface area contributed by atoms with Gasteiger partial charge in [-0.25, -0.2) is 0 Å². The van der Waals surface area contributed by atoms with Crippen LogP contribution in [0, 0.1) is 6.92 Å². The molecule has 2 aromatic heterocycles. The van der Waals surface area contributed by atoms with Gasteiger partial charge in [0.1, 0.15) is 0 Å². The summed E-state index contributed by atoms with van der Waals surface area (Å²) in [5.74, 6) is 0. The molecule has 4 heterocycles. The number of fused-ring (bicyclic) bond motifs is 2. The molecule has 13 heteroatoms. The van der Waals surface area contributed by atoms with Gasteiger partial charge in [-0.15, -0.1) is 22.7 Å². The van der Waals surface area contributed by atoms with Crippen LogP contribution in [0.4, 0.5) is 11.4 Å². The van der Waals surface area contributed by atoms with Crippen molar-refractivity contribution in [1.29, 1.82) is 0 Å². The van der Waals surface area contributed by atoms with E-state index in [1.54, 1.807) is 0 Å². The summed E-state index contributed by atoms with van der Waals surface area (Å²) in [5, 5.41) is 4.88. The van der Waals surface area contributed by atoms with E-state index in [2.05, 4.69) is 70.6 Å². The fourth-order valence-corrected chi connectivity index (χ4v) is 6.26. The van der Waals surface area contributed by atoms with Gasteiger partial charge in [0.25, 0.3) is 0 Å². The number of thiophene rings is 2. The first kappa shape index (κ1) is 37.2. The maximum absolute atomic E-state index is 8.12. The minimum absolute atomic E-state index is 0. The van der Waals surface area contributed by atoms with Crippen LogP contribution in [0.5, 0.6) is 0 Å². The summed E-state index contributed by atoms with van der Waals surface area (Å²) in [6, 6.07) is 17.6. The molecule has 0 saturated carbocycles. The van der Waals surface area contributed by atoms with Crippen LogP contribution in [0.3, 0.4) is 0 Å². The van der Waals surface area contributed by atoms with E-state index in [0.717, 1.165) is 52.6 Å². The van der Waals surface area contributed by atoms with E-state index in [1.807, 2.05) is 22.7 Å². The van der Waals surface area contributed by atoms with Crippen LogP contribution in [-0.2, 0) is 28.7 Å². The van der Waals surface area contributed by atoms with E-state index < -0.39 is 0 Å². The molecule has 4 aromatic rings. The van der Waals surface area contributed by atoms with Gasteiger partial charge >= 0.3 is 31.2 Å². The molecule has 40 heavy (non-hydrogen) atoms. The number of anilines is 2. The number of aryl methyl sites for hydroxylation is 1.